The van der Waals surface area contributed by atoms with Crippen LogP contribution in [0.5, 0.6) is 0 Å². The molecule has 1 unspecified atom stereocenters. The molecule has 3 rings (SSSR count). The van der Waals surface area contributed by atoms with E-state index >= 15 is 0 Å². The van der Waals surface area contributed by atoms with Crippen molar-refractivity contribution in [2.24, 2.45) is 0 Å². The third-order valence-electron chi connectivity index (χ3n) is 2.88. The minimum Gasteiger partial charge on any atom is -0.286 e. The molecule has 0 radical (unpaired) electrons. The Kier molecular flexibility index (Phi) is 2.90. The van der Waals surface area contributed by atoms with Crippen LogP contribution in [0.15, 0.2) is 22.8 Å². The molecule has 1 saturated heterocycles. The molecule has 0 aliphatic carbocycles. The second-order valence-electron chi connectivity index (χ2n) is 4.03. The molecule has 5 heteroatoms. The van der Waals surface area contributed by atoms with Crippen LogP contribution in [-0.4, -0.2) is 25.6 Å². The summed E-state index contributed by atoms with van der Waals surface area (Å²) in [7, 11) is 0. The highest BCUT2D eigenvalue weighted by Gasteiger charge is 2.18. The molecule has 1 fully saturated rings. The first kappa shape index (κ1) is 10.6. The molecule has 16 heavy (non-hydrogen) atoms. The Bertz CT molecular complexity index is 505. The van der Waals surface area contributed by atoms with Gasteiger partial charge in [-0.15, -0.1) is 10.2 Å². The van der Waals surface area contributed by atoms with Crippen molar-refractivity contribution < 1.29 is 0 Å². The molecule has 0 bridgehead atoms. The highest BCUT2D eigenvalue weighted by molar-refractivity contribution is 9.10. The molecule has 0 amide bonds. The SMILES string of the molecule is Brc1ccn2c(CC3CCCS3)nnc2c1. The monoisotopic (exact) mass is 297 g/mol. The van der Waals surface area contributed by atoms with Gasteiger partial charge >= 0.3 is 0 Å². The smallest absolute Gasteiger partial charge is 0.161 e. The van der Waals surface area contributed by atoms with E-state index in [1.165, 1.54) is 18.6 Å². The minimum atomic E-state index is 0.732. The number of rotatable bonds is 2. The molecule has 3 heterocycles. The van der Waals surface area contributed by atoms with E-state index in [0.29, 0.717) is 0 Å². The zero-order chi connectivity index (χ0) is 11.0. The predicted molar refractivity (Wildman–Crippen MR) is 69.9 cm³/mol. The van der Waals surface area contributed by atoms with Gasteiger partial charge in [-0.3, -0.25) is 4.40 Å². The van der Waals surface area contributed by atoms with Gasteiger partial charge in [0, 0.05) is 22.3 Å². The van der Waals surface area contributed by atoms with Gasteiger partial charge < -0.3 is 0 Å². The summed E-state index contributed by atoms with van der Waals surface area (Å²) in [6.45, 7) is 0. The number of pyridine rings is 1. The fourth-order valence-electron chi connectivity index (χ4n) is 2.06. The molecular weight excluding hydrogens is 286 g/mol. The molecule has 0 saturated carbocycles. The summed E-state index contributed by atoms with van der Waals surface area (Å²) in [6.07, 6.45) is 5.73. The quantitative estimate of drug-likeness (QED) is 0.854. The number of nitrogens with zero attached hydrogens (tertiary/aromatic N) is 3. The first-order valence-corrected chi connectivity index (χ1v) is 7.28. The lowest BCUT2D eigenvalue weighted by atomic mass is 10.2. The highest BCUT2D eigenvalue weighted by atomic mass is 79.9. The Morgan fingerprint density at radius 2 is 2.44 bits per heavy atom. The first-order chi connectivity index (χ1) is 7.83. The third-order valence-corrected chi connectivity index (χ3v) is 4.77. The fraction of sp³-hybridized carbons (Fsp3) is 0.455. The molecule has 1 atom stereocenters. The van der Waals surface area contributed by atoms with Crippen molar-refractivity contribution in [3.8, 4) is 0 Å². The number of thioether (sulfide) groups is 1. The minimum absolute atomic E-state index is 0.732. The Morgan fingerprint density at radius 3 is 3.25 bits per heavy atom. The van der Waals surface area contributed by atoms with Crippen LogP contribution in [0.4, 0.5) is 0 Å². The lowest BCUT2D eigenvalue weighted by Crippen LogP contribution is -2.05. The van der Waals surface area contributed by atoms with Crippen LogP contribution in [0.3, 0.4) is 0 Å². The van der Waals surface area contributed by atoms with E-state index in [0.717, 1.165) is 27.6 Å². The Labute approximate surface area is 107 Å². The molecule has 3 nitrogen and oxygen atoms in total. The number of hydrogen-bond donors (Lipinski definition) is 0. The number of fused-ring (bicyclic) bond motifs is 1. The summed E-state index contributed by atoms with van der Waals surface area (Å²) < 4.78 is 3.14. The maximum Gasteiger partial charge on any atom is 0.161 e. The van der Waals surface area contributed by atoms with Gasteiger partial charge in [-0.1, -0.05) is 15.9 Å². The second kappa shape index (κ2) is 4.37. The van der Waals surface area contributed by atoms with Crippen LogP contribution < -0.4 is 0 Å². The topological polar surface area (TPSA) is 30.2 Å². The predicted octanol–water partition coefficient (Wildman–Crippen LogP) is 2.93. The summed E-state index contributed by atoms with van der Waals surface area (Å²) in [6, 6.07) is 4.03. The van der Waals surface area contributed by atoms with Crippen LogP contribution >= 0.6 is 27.7 Å². The van der Waals surface area contributed by atoms with E-state index in [9.17, 15) is 0 Å². The Morgan fingerprint density at radius 1 is 1.50 bits per heavy atom. The average molecular weight is 298 g/mol. The van der Waals surface area contributed by atoms with Gasteiger partial charge in [0.1, 0.15) is 5.82 Å². The van der Waals surface area contributed by atoms with E-state index in [1.54, 1.807) is 0 Å². The van der Waals surface area contributed by atoms with Crippen LogP contribution in [0.2, 0.25) is 0 Å². The van der Waals surface area contributed by atoms with Crippen molar-refractivity contribution in [1.29, 1.82) is 0 Å². The van der Waals surface area contributed by atoms with E-state index in [2.05, 4.69) is 42.3 Å². The number of aromatic nitrogens is 3. The average Bonchev–Trinajstić information content (AvgIpc) is 2.89. The summed E-state index contributed by atoms with van der Waals surface area (Å²) in [4.78, 5) is 0. The maximum atomic E-state index is 4.28. The second-order valence-corrected chi connectivity index (χ2v) is 6.35. The molecule has 0 aromatic carbocycles. The molecule has 2 aromatic heterocycles. The maximum absolute atomic E-state index is 4.28. The molecule has 0 spiro atoms. The largest absolute Gasteiger partial charge is 0.286 e. The lowest BCUT2D eigenvalue weighted by Gasteiger charge is -2.06. The first-order valence-electron chi connectivity index (χ1n) is 5.44. The van der Waals surface area contributed by atoms with Gasteiger partial charge in [-0.05, 0) is 30.7 Å². The van der Waals surface area contributed by atoms with Crippen molar-refractivity contribution >= 4 is 33.3 Å². The van der Waals surface area contributed by atoms with E-state index in [-0.39, 0.29) is 0 Å². The molecular formula is C11H12BrN3S. The molecule has 0 N–H and O–H groups in total. The summed E-state index contributed by atoms with van der Waals surface area (Å²) in [5.41, 5.74) is 0.923. The van der Waals surface area contributed by atoms with Gasteiger partial charge in [-0.25, -0.2) is 0 Å². The lowest BCUT2D eigenvalue weighted by molar-refractivity contribution is 0.738. The van der Waals surface area contributed by atoms with Gasteiger partial charge in [0.05, 0.1) is 0 Å². The normalized spacial score (nSPS) is 20.7. The van der Waals surface area contributed by atoms with Crippen LogP contribution in [0.1, 0.15) is 18.7 Å². The van der Waals surface area contributed by atoms with Crippen LogP contribution in [-0.2, 0) is 6.42 Å². The summed E-state index contributed by atoms with van der Waals surface area (Å²) in [5, 5.41) is 9.21. The van der Waals surface area contributed by atoms with E-state index in [4.69, 9.17) is 0 Å². The Balaban J connectivity index is 1.91. The van der Waals surface area contributed by atoms with Crippen molar-refractivity contribution in [2.75, 3.05) is 5.75 Å². The molecule has 84 valence electrons. The van der Waals surface area contributed by atoms with Gasteiger partial charge in [-0.2, -0.15) is 11.8 Å². The van der Waals surface area contributed by atoms with Gasteiger partial charge in [0.25, 0.3) is 0 Å². The van der Waals surface area contributed by atoms with Crippen molar-refractivity contribution in [3.63, 3.8) is 0 Å². The molecule has 1 aliphatic rings. The van der Waals surface area contributed by atoms with Crippen LogP contribution in [0, 0.1) is 0 Å². The molecule has 2 aromatic rings. The molecule has 1 aliphatic heterocycles. The van der Waals surface area contributed by atoms with Gasteiger partial charge in [0.15, 0.2) is 5.65 Å². The summed E-state index contributed by atoms with van der Waals surface area (Å²) in [5.74, 6) is 2.38. The Hall–Kier alpha value is -0.550. The standard InChI is InChI=1S/C11H12BrN3S/c12-8-3-4-15-10(6-8)13-14-11(15)7-9-2-1-5-16-9/h3-4,6,9H,1-2,5,7H2. The zero-order valence-corrected chi connectivity index (χ0v) is 11.2. The number of halogens is 1. The number of hydrogen-bond acceptors (Lipinski definition) is 3. The van der Waals surface area contributed by atoms with E-state index in [1.807, 2.05) is 18.3 Å². The van der Waals surface area contributed by atoms with Gasteiger partial charge in [0.2, 0.25) is 0 Å². The van der Waals surface area contributed by atoms with Crippen molar-refractivity contribution in [2.45, 2.75) is 24.5 Å². The highest BCUT2D eigenvalue weighted by Crippen LogP contribution is 2.28. The summed E-state index contributed by atoms with van der Waals surface area (Å²) >= 11 is 5.51. The van der Waals surface area contributed by atoms with Crippen molar-refractivity contribution in [3.05, 3.63) is 28.6 Å². The van der Waals surface area contributed by atoms with E-state index < -0.39 is 0 Å². The zero-order valence-electron chi connectivity index (χ0n) is 8.77. The third kappa shape index (κ3) is 1.98. The fourth-order valence-corrected chi connectivity index (χ4v) is 3.65. The van der Waals surface area contributed by atoms with Crippen molar-refractivity contribution in [1.82, 2.24) is 14.6 Å². The van der Waals surface area contributed by atoms with Crippen LogP contribution in [0.25, 0.3) is 5.65 Å².